The molecular formula is C17H19ClN6O. The van der Waals surface area contributed by atoms with E-state index in [4.69, 9.17) is 16.1 Å². The Balaban J connectivity index is 1.81. The first-order chi connectivity index (χ1) is 11.8. The molecule has 0 aliphatic carbocycles. The fraction of sp³-hybridized carbons (Fsp3) is 0.294. The quantitative estimate of drug-likeness (QED) is 0.743. The summed E-state index contributed by atoms with van der Waals surface area (Å²) in [7, 11) is 1.86. The first-order valence-electron chi connectivity index (χ1n) is 7.75. The van der Waals surface area contributed by atoms with Gasteiger partial charge in [-0.25, -0.2) is 9.97 Å². The summed E-state index contributed by atoms with van der Waals surface area (Å²) in [5.74, 6) is 2.19. The van der Waals surface area contributed by atoms with Crippen molar-refractivity contribution in [2.24, 2.45) is 0 Å². The summed E-state index contributed by atoms with van der Waals surface area (Å²) < 4.78 is 5.35. The Labute approximate surface area is 151 Å². The maximum atomic E-state index is 6.04. The Morgan fingerprint density at radius 3 is 2.64 bits per heavy atom. The van der Waals surface area contributed by atoms with Crippen LogP contribution in [0.25, 0.3) is 0 Å². The van der Waals surface area contributed by atoms with Crippen LogP contribution in [-0.4, -0.2) is 27.2 Å². The molecule has 3 aromatic rings. The van der Waals surface area contributed by atoms with E-state index in [0.717, 1.165) is 11.4 Å². The van der Waals surface area contributed by atoms with Gasteiger partial charge < -0.3 is 14.7 Å². The summed E-state index contributed by atoms with van der Waals surface area (Å²) in [6.45, 7) is 6.16. The molecule has 0 atom stereocenters. The molecule has 0 aliphatic heterocycles. The van der Waals surface area contributed by atoms with Crippen molar-refractivity contribution in [3.63, 3.8) is 0 Å². The first-order valence-corrected chi connectivity index (χ1v) is 8.13. The van der Waals surface area contributed by atoms with Crippen molar-refractivity contribution >= 4 is 35.0 Å². The summed E-state index contributed by atoms with van der Waals surface area (Å²) in [5, 5.41) is 7.69. The highest BCUT2D eigenvalue weighted by molar-refractivity contribution is 6.30. The van der Waals surface area contributed by atoms with E-state index >= 15 is 0 Å². The van der Waals surface area contributed by atoms with Crippen molar-refractivity contribution in [3.8, 4) is 0 Å². The zero-order valence-electron chi connectivity index (χ0n) is 14.5. The van der Waals surface area contributed by atoms with Crippen LogP contribution in [0.1, 0.15) is 26.5 Å². The highest BCUT2D eigenvalue weighted by atomic mass is 35.5. The number of rotatable bonds is 4. The average Bonchev–Trinajstić information content (AvgIpc) is 3.03. The van der Waals surface area contributed by atoms with Gasteiger partial charge in [-0.15, -0.1) is 0 Å². The van der Waals surface area contributed by atoms with E-state index in [1.165, 1.54) is 6.33 Å². The maximum Gasteiger partial charge on any atom is 0.234 e. The molecule has 0 saturated heterocycles. The van der Waals surface area contributed by atoms with Crippen LogP contribution in [0.15, 0.2) is 41.2 Å². The van der Waals surface area contributed by atoms with Crippen molar-refractivity contribution in [2.75, 3.05) is 17.3 Å². The second-order valence-corrected chi connectivity index (χ2v) is 7.04. The molecule has 0 unspecified atom stereocenters. The molecule has 0 spiro atoms. The topological polar surface area (TPSA) is 80.0 Å². The molecule has 0 amide bonds. The van der Waals surface area contributed by atoms with Gasteiger partial charge in [0, 0.05) is 29.2 Å². The van der Waals surface area contributed by atoms with Gasteiger partial charge in [0.25, 0.3) is 0 Å². The Morgan fingerprint density at radius 1 is 1.16 bits per heavy atom. The molecule has 2 aromatic heterocycles. The van der Waals surface area contributed by atoms with Gasteiger partial charge in [-0.05, 0) is 18.2 Å². The third kappa shape index (κ3) is 4.06. The van der Waals surface area contributed by atoms with Crippen LogP contribution in [-0.2, 0) is 5.41 Å². The third-order valence-electron chi connectivity index (χ3n) is 3.54. The third-order valence-corrected chi connectivity index (χ3v) is 3.78. The van der Waals surface area contributed by atoms with Crippen LogP contribution in [0, 0.1) is 0 Å². The molecule has 0 aliphatic rings. The molecule has 7 nitrogen and oxygen atoms in total. The monoisotopic (exact) mass is 358 g/mol. The van der Waals surface area contributed by atoms with Gasteiger partial charge in [0.15, 0.2) is 5.82 Å². The van der Waals surface area contributed by atoms with Crippen molar-refractivity contribution in [2.45, 2.75) is 26.2 Å². The highest BCUT2D eigenvalue weighted by Gasteiger charge is 2.20. The maximum absolute atomic E-state index is 6.04. The first kappa shape index (κ1) is 17.2. The molecule has 8 heteroatoms. The standard InChI is InChI=1S/C17H19ClN6O/c1-17(2,3)13-9-14(23-25-13)21-15-19-10-20-16(22-15)24(4)12-7-5-6-11(18)8-12/h5-10H,1-4H3,(H,19,20,21,22,23). The molecule has 1 N–H and O–H groups in total. The smallest absolute Gasteiger partial charge is 0.234 e. The van der Waals surface area contributed by atoms with Crippen LogP contribution in [0.3, 0.4) is 0 Å². The lowest BCUT2D eigenvalue weighted by Gasteiger charge is -2.17. The fourth-order valence-electron chi connectivity index (χ4n) is 2.11. The number of hydrogen-bond acceptors (Lipinski definition) is 7. The molecule has 130 valence electrons. The molecular weight excluding hydrogens is 340 g/mol. The van der Waals surface area contributed by atoms with Gasteiger partial charge in [-0.1, -0.05) is 43.6 Å². The Bertz CT molecular complexity index is 873. The minimum atomic E-state index is -0.121. The number of aromatic nitrogens is 4. The van der Waals surface area contributed by atoms with E-state index in [9.17, 15) is 0 Å². The van der Waals surface area contributed by atoms with Crippen molar-refractivity contribution < 1.29 is 4.52 Å². The van der Waals surface area contributed by atoms with E-state index < -0.39 is 0 Å². The van der Waals surface area contributed by atoms with E-state index in [2.05, 4.69) is 46.2 Å². The Hall–Kier alpha value is -2.67. The number of anilines is 4. The lowest BCUT2D eigenvalue weighted by atomic mass is 9.93. The minimum absolute atomic E-state index is 0.121. The summed E-state index contributed by atoms with van der Waals surface area (Å²) in [5.41, 5.74) is 0.755. The zero-order chi connectivity index (χ0) is 18.0. The van der Waals surface area contributed by atoms with Gasteiger partial charge >= 0.3 is 0 Å². The Morgan fingerprint density at radius 2 is 1.96 bits per heavy atom. The van der Waals surface area contributed by atoms with Crippen molar-refractivity contribution in [1.29, 1.82) is 0 Å². The van der Waals surface area contributed by atoms with Gasteiger partial charge in [-0.2, -0.15) is 4.98 Å². The van der Waals surface area contributed by atoms with Crippen LogP contribution in [0.2, 0.25) is 5.02 Å². The molecule has 1 aromatic carbocycles. The number of benzene rings is 1. The largest absolute Gasteiger partial charge is 0.359 e. The molecule has 3 rings (SSSR count). The fourth-order valence-corrected chi connectivity index (χ4v) is 2.30. The predicted molar refractivity (Wildman–Crippen MR) is 97.8 cm³/mol. The van der Waals surface area contributed by atoms with Gasteiger partial charge in [-0.3, -0.25) is 0 Å². The molecule has 0 saturated carbocycles. The number of nitrogens with zero attached hydrogens (tertiary/aromatic N) is 5. The number of nitrogens with one attached hydrogen (secondary N) is 1. The normalized spacial score (nSPS) is 11.4. The second-order valence-electron chi connectivity index (χ2n) is 6.60. The molecule has 25 heavy (non-hydrogen) atoms. The molecule has 0 radical (unpaired) electrons. The van der Waals surface area contributed by atoms with Gasteiger partial charge in [0.05, 0.1) is 0 Å². The van der Waals surface area contributed by atoms with Crippen molar-refractivity contribution in [1.82, 2.24) is 20.1 Å². The van der Waals surface area contributed by atoms with E-state index in [1.54, 1.807) is 0 Å². The Kier molecular flexibility index (Phi) is 4.59. The van der Waals surface area contributed by atoms with Gasteiger partial charge in [0.1, 0.15) is 12.1 Å². The predicted octanol–water partition coefficient (Wildman–Crippen LogP) is 4.32. The lowest BCUT2D eigenvalue weighted by Crippen LogP contribution is -2.14. The number of halogens is 1. The lowest BCUT2D eigenvalue weighted by molar-refractivity contribution is 0.331. The molecule has 0 bridgehead atoms. The van der Waals surface area contributed by atoms with Gasteiger partial charge in [0.2, 0.25) is 11.9 Å². The summed E-state index contributed by atoms with van der Waals surface area (Å²) in [6.07, 6.45) is 1.44. The van der Waals surface area contributed by atoms with Crippen LogP contribution < -0.4 is 10.2 Å². The van der Waals surface area contributed by atoms with E-state index in [1.807, 2.05) is 42.3 Å². The summed E-state index contributed by atoms with van der Waals surface area (Å²) in [4.78, 5) is 14.6. The zero-order valence-corrected chi connectivity index (χ0v) is 15.2. The van der Waals surface area contributed by atoms with Crippen molar-refractivity contribution in [3.05, 3.63) is 47.4 Å². The van der Waals surface area contributed by atoms with E-state index in [-0.39, 0.29) is 5.41 Å². The highest BCUT2D eigenvalue weighted by Crippen LogP contribution is 2.26. The molecule has 0 fully saturated rings. The summed E-state index contributed by atoms with van der Waals surface area (Å²) in [6, 6.07) is 9.29. The van der Waals surface area contributed by atoms with Crippen LogP contribution in [0.4, 0.5) is 23.4 Å². The van der Waals surface area contributed by atoms with Crippen LogP contribution in [0.5, 0.6) is 0 Å². The SMILES string of the molecule is CN(c1cccc(Cl)c1)c1ncnc(Nc2cc(C(C)(C)C)on2)n1. The van der Waals surface area contributed by atoms with E-state index in [0.29, 0.717) is 22.7 Å². The summed E-state index contributed by atoms with van der Waals surface area (Å²) >= 11 is 6.04. The average molecular weight is 359 g/mol. The second kappa shape index (κ2) is 6.68. The minimum Gasteiger partial charge on any atom is -0.359 e. The number of hydrogen-bond donors (Lipinski definition) is 1. The molecule has 2 heterocycles. The van der Waals surface area contributed by atoms with Crippen LogP contribution >= 0.6 is 11.6 Å².